The Morgan fingerprint density at radius 3 is 1.94 bits per heavy atom. The van der Waals surface area contributed by atoms with Gasteiger partial charge in [0, 0.05) is 0 Å². The van der Waals surface area contributed by atoms with Gasteiger partial charge in [-0.05, 0) is 61.7 Å². The van der Waals surface area contributed by atoms with E-state index in [0.717, 1.165) is 24.2 Å². The van der Waals surface area contributed by atoms with Gasteiger partial charge in [-0.1, -0.05) is 0 Å². The third-order valence-electron chi connectivity index (χ3n) is 5.03. The summed E-state index contributed by atoms with van der Waals surface area (Å²) >= 11 is 5.56. The SMILES string of the molecule is CSC(SC)(SC)C1(O)CC2CC3C(C2)C31. The van der Waals surface area contributed by atoms with E-state index in [-0.39, 0.29) is 3.41 Å². The van der Waals surface area contributed by atoms with E-state index in [9.17, 15) is 5.11 Å². The molecule has 1 nitrogen and oxygen atoms in total. The van der Waals surface area contributed by atoms with Crippen LogP contribution in [0.1, 0.15) is 19.3 Å². The molecule has 0 aromatic heterocycles. The van der Waals surface area contributed by atoms with E-state index >= 15 is 0 Å². The fourth-order valence-corrected chi connectivity index (χ4v) is 8.23. The molecule has 4 aliphatic carbocycles. The second-order valence-corrected chi connectivity index (χ2v) is 9.32. The van der Waals surface area contributed by atoms with Crippen LogP contribution in [0.25, 0.3) is 0 Å². The quantitative estimate of drug-likeness (QED) is 0.796. The molecule has 4 fully saturated rings. The molecule has 0 amide bonds. The van der Waals surface area contributed by atoms with E-state index in [2.05, 4.69) is 18.8 Å². The predicted octanol–water partition coefficient (Wildman–Crippen LogP) is 3.14. The van der Waals surface area contributed by atoms with Crippen molar-refractivity contribution in [3.8, 4) is 0 Å². The van der Waals surface area contributed by atoms with Crippen molar-refractivity contribution in [3.05, 3.63) is 0 Å². The van der Waals surface area contributed by atoms with Crippen LogP contribution in [-0.2, 0) is 0 Å². The Morgan fingerprint density at radius 1 is 1.06 bits per heavy atom. The van der Waals surface area contributed by atoms with Gasteiger partial charge in [0.2, 0.25) is 0 Å². The molecule has 0 heterocycles. The number of hydrogen-bond acceptors (Lipinski definition) is 4. The second-order valence-electron chi connectivity index (χ2n) is 5.49. The third kappa shape index (κ3) is 1.28. The molecule has 0 radical (unpaired) electrons. The summed E-state index contributed by atoms with van der Waals surface area (Å²) in [5, 5.41) is 11.2. The van der Waals surface area contributed by atoms with Gasteiger partial charge in [-0.25, -0.2) is 0 Å². The minimum atomic E-state index is -0.415. The van der Waals surface area contributed by atoms with Gasteiger partial charge in [0.05, 0.1) is 0 Å². The zero-order chi connectivity index (χ0) is 11.6. The fraction of sp³-hybridized carbons (Fsp3) is 1.00. The molecule has 16 heavy (non-hydrogen) atoms. The van der Waals surface area contributed by atoms with Crippen LogP contribution in [0.2, 0.25) is 0 Å². The van der Waals surface area contributed by atoms with Crippen molar-refractivity contribution in [2.75, 3.05) is 18.8 Å². The van der Waals surface area contributed by atoms with Gasteiger partial charge in [0.15, 0.2) is 0 Å². The molecule has 0 saturated heterocycles. The van der Waals surface area contributed by atoms with Gasteiger partial charge in [-0.15, -0.1) is 35.3 Å². The average molecular weight is 276 g/mol. The van der Waals surface area contributed by atoms with Gasteiger partial charge < -0.3 is 5.11 Å². The Kier molecular flexibility index (Phi) is 2.83. The van der Waals surface area contributed by atoms with Gasteiger partial charge in [-0.3, -0.25) is 0 Å². The smallest absolute Gasteiger partial charge is 0.135 e. The fourth-order valence-electron chi connectivity index (χ4n) is 4.51. The molecular formula is C12H20OS3. The van der Waals surface area contributed by atoms with Crippen LogP contribution in [0.4, 0.5) is 0 Å². The molecule has 0 spiro atoms. The van der Waals surface area contributed by atoms with Crippen LogP contribution in [0.5, 0.6) is 0 Å². The van der Waals surface area contributed by atoms with E-state index in [1.807, 2.05) is 35.3 Å². The topological polar surface area (TPSA) is 20.2 Å². The van der Waals surface area contributed by atoms with E-state index in [4.69, 9.17) is 0 Å². The van der Waals surface area contributed by atoms with Gasteiger partial charge in [0.1, 0.15) is 9.01 Å². The average Bonchev–Trinajstić information content (AvgIpc) is 2.86. The highest BCUT2D eigenvalue weighted by molar-refractivity contribution is 8.33. The van der Waals surface area contributed by atoms with Gasteiger partial charge >= 0.3 is 0 Å². The molecule has 0 aromatic rings. The maximum atomic E-state index is 11.2. The van der Waals surface area contributed by atoms with Crippen molar-refractivity contribution in [2.24, 2.45) is 23.7 Å². The molecule has 3 unspecified atom stereocenters. The Balaban J connectivity index is 1.93. The van der Waals surface area contributed by atoms with Crippen molar-refractivity contribution in [1.82, 2.24) is 0 Å². The van der Waals surface area contributed by atoms with E-state index in [1.165, 1.54) is 12.8 Å². The normalized spacial score (nSPS) is 49.5. The molecule has 4 heteroatoms. The molecule has 0 aliphatic heterocycles. The number of thioether (sulfide) groups is 3. The van der Waals surface area contributed by atoms with Crippen molar-refractivity contribution in [2.45, 2.75) is 28.3 Å². The molecular weight excluding hydrogens is 256 g/mol. The molecule has 4 bridgehead atoms. The number of hydrogen-bond donors (Lipinski definition) is 1. The summed E-state index contributed by atoms with van der Waals surface area (Å²) in [5.74, 6) is 3.17. The summed E-state index contributed by atoms with van der Waals surface area (Å²) in [6, 6.07) is 0. The second kappa shape index (κ2) is 3.75. The van der Waals surface area contributed by atoms with E-state index in [1.54, 1.807) is 0 Å². The zero-order valence-electron chi connectivity index (χ0n) is 10.1. The summed E-state index contributed by atoms with van der Waals surface area (Å²) in [4.78, 5) is 0. The monoisotopic (exact) mass is 276 g/mol. The highest BCUT2D eigenvalue weighted by atomic mass is 32.3. The van der Waals surface area contributed by atoms with E-state index in [0.29, 0.717) is 5.92 Å². The molecule has 4 saturated carbocycles. The summed E-state index contributed by atoms with van der Waals surface area (Å²) in [5.41, 5.74) is -0.415. The maximum absolute atomic E-state index is 11.2. The lowest BCUT2D eigenvalue weighted by molar-refractivity contribution is -0.0380. The van der Waals surface area contributed by atoms with Crippen LogP contribution in [0.15, 0.2) is 0 Å². The predicted molar refractivity (Wildman–Crippen MR) is 76.0 cm³/mol. The van der Waals surface area contributed by atoms with Crippen molar-refractivity contribution >= 4 is 35.3 Å². The van der Waals surface area contributed by atoms with Gasteiger partial charge in [0.25, 0.3) is 0 Å². The largest absolute Gasteiger partial charge is 0.386 e. The first-order valence-electron chi connectivity index (χ1n) is 5.99. The summed E-state index contributed by atoms with van der Waals surface area (Å²) in [7, 11) is 0. The van der Waals surface area contributed by atoms with Crippen molar-refractivity contribution < 1.29 is 5.11 Å². The molecule has 1 N–H and O–H groups in total. The summed E-state index contributed by atoms with van der Waals surface area (Å²) in [6.07, 6.45) is 10.3. The first kappa shape index (κ1) is 12.1. The first-order chi connectivity index (χ1) is 7.62. The Labute approximate surface area is 111 Å². The highest BCUT2D eigenvalue weighted by Gasteiger charge is 2.73. The lowest BCUT2D eigenvalue weighted by Gasteiger charge is -2.50. The maximum Gasteiger partial charge on any atom is 0.135 e. The lowest BCUT2D eigenvalue weighted by atomic mass is 9.75. The van der Waals surface area contributed by atoms with Crippen LogP contribution in [-0.4, -0.2) is 32.9 Å². The summed E-state index contributed by atoms with van der Waals surface area (Å²) < 4.78 is -0.0379. The summed E-state index contributed by atoms with van der Waals surface area (Å²) in [6.45, 7) is 0. The number of fused-ring (bicyclic) bond motifs is 1. The van der Waals surface area contributed by atoms with Crippen molar-refractivity contribution in [3.63, 3.8) is 0 Å². The van der Waals surface area contributed by atoms with Crippen LogP contribution < -0.4 is 0 Å². The molecule has 4 aliphatic rings. The number of aliphatic hydroxyl groups is 1. The minimum absolute atomic E-state index is 0.0379. The van der Waals surface area contributed by atoms with Crippen molar-refractivity contribution in [1.29, 1.82) is 0 Å². The highest BCUT2D eigenvalue weighted by Crippen LogP contribution is 2.75. The molecule has 4 rings (SSSR count). The zero-order valence-corrected chi connectivity index (χ0v) is 12.6. The first-order valence-corrected chi connectivity index (χ1v) is 9.67. The Hall–Kier alpha value is 1.01. The van der Waals surface area contributed by atoms with E-state index < -0.39 is 5.60 Å². The standard InChI is InChI=1S/C12H20OS3/c1-14-12(15-2,16-3)11(13)6-7-4-8-9(5-7)10(8)11/h7-10,13H,4-6H2,1-3H3. The Bertz CT molecular complexity index is 284. The molecule has 0 aromatic carbocycles. The van der Waals surface area contributed by atoms with Crippen LogP contribution >= 0.6 is 35.3 Å². The van der Waals surface area contributed by atoms with Crippen LogP contribution in [0, 0.1) is 23.7 Å². The number of rotatable bonds is 4. The molecule has 3 atom stereocenters. The van der Waals surface area contributed by atoms with Crippen LogP contribution in [0.3, 0.4) is 0 Å². The van der Waals surface area contributed by atoms with Gasteiger partial charge in [-0.2, -0.15) is 0 Å². The molecule has 92 valence electrons. The third-order valence-corrected chi connectivity index (χ3v) is 10.7. The Morgan fingerprint density at radius 2 is 1.56 bits per heavy atom. The lowest BCUT2D eigenvalue weighted by Crippen LogP contribution is -2.54. The minimum Gasteiger partial charge on any atom is -0.386 e.